The number of hydrogen-bond acceptors (Lipinski definition) is 6. The number of thiazole rings is 1. The topological polar surface area (TPSA) is 66.8 Å². The van der Waals surface area contributed by atoms with E-state index < -0.39 is 5.82 Å². The monoisotopic (exact) mass is 410 g/mol. The van der Waals surface area contributed by atoms with Crippen LogP contribution in [-0.2, 0) is 0 Å². The Morgan fingerprint density at radius 3 is 2.69 bits per heavy atom. The van der Waals surface area contributed by atoms with Gasteiger partial charge >= 0.3 is 0 Å². The van der Waals surface area contributed by atoms with Crippen LogP contribution < -0.4 is 15.1 Å². The van der Waals surface area contributed by atoms with E-state index in [2.05, 4.69) is 15.4 Å². The van der Waals surface area contributed by atoms with Crippen molar-refractivity contribution in [2.75, 3.05) is 24.0 Å². The molecular formula is C21H19FN4O2S. The van der Waals surface area contributed by atoms with Gasteiger partial charge in [0.2, 0.25) is 0 Å². The molecule has 0 saturated carbocycles. The van der Waals surface area contributed by atoms with Crippen LogP contribution in [-0.4, -0.2) is 30.3 Å². The van der Waals surface area contributed by atoms with Crippen molar-refractivity contribution in [2.45, 2.75) is 13.3 Å². The van der Waals surface area contributed by atoms with Gasteiger partial charge in [0.25, 0.3) is 5.91 Å². The van der Waals surface area contributed by atoms with Gasteiger partial charge in [0.05, 0.1) is 18.5 Å². The maximum absolute atomic E-state index is 13.9. The van der Waals surface area contributed by atoms with E-state index in [1.54, 1.807) is 29.6 Å². The number of carbonyl (C=O) groups is 1. The number of anilines is 2. The number of rotatable bonds is 5. The van der Waals surface area contributed by atoms with Crippen LogP contribution in [0.1, 0.15) is 23.7 Å². The summed E-state index contributed by atoms with van der Waals surface area (Å²) < 4.78 is 18.8. The lowest BCUT2D eigenvalue weighted by Crippen LogP contribution is -2.14. The van der Waals surface area contributed by atoms with Crippen molar-refractivity contribution in [1.29, 1.82) is 0 Å². The fraction of sp³-hybridized carbons (Fsp3) is 0.190. The molecule has 148 valence electrons. The lowest BCUT2D eigenvalue weighted by atomic mass is 10.1. The molecular weight excluding hydrogens is 391 g/mol. The molecule has 0 unspecified atom stereocenters. The predicted molar refractivity (Wildman–Crippen MR) is 114 cm³/mol. The zero-order chi connectivity index (χ0) is 20.4. The minimum atomic E-state index is -0.457. The van der Waals surface area contributed by atoms with Gasteiger partial charge in [-0.3, -0.25) is 15.1 Å². The maximum atomic E-state index is 13.9. The summed E-state index contributed by atoms with van der Waals surface area (Å²) in [5.74, 6) is -0.531. The van der Waals surface area contributed by atoms with E-state index in [4.69, 9.17) is 4.74 Å². The summed E-state index contributed by atoms with van der Waals surface area (Å²) in [6, 6.07) is 11.9. The molecule has 29 heavy (non-hydrogen) atoms. The van der Waals surface area contributed by atoms with Gasteiger partial charge in [-0.05, 0) is 49.4 Å². The summed E-state index contributed by atoms with van der Waals surface area (Å²) in [5, 5.41) is 11.4. The van der Waals surface area contributed by atoms with Gasteiger partial charge < -0.3 is 4.74 Å². The highest BCUT2D eigenvalue weighted by atomic mass is 32.1. The number of methoxy groups -OCH3 is 1. The van der Waals surface area contributed by atoms with Crippen molar-refractivity contribution in [3.8, 4) is 17.0 Å². The Kier molecular flexibility index (Phi) is 5.26. The van der Waals surface area contributed by atoms with E-state index in [9.17, 15) is 9.18 Å². The molecule has 0 fully saturated rings. The van der Waals surface area contributed by atoms with E-state index >= 15 is 0 Å². The molecule has 3 aromatic rings. The number of benzene rings is 2. The molecule has 6 nitrogen and oxygen atoms in total. The first-order valence-electron chi connectivity index (χ1n) is 9.06. The highest BCUT2D eigenvalue weighted by Crippen LogP contribution is 2.29. The number of amides is 1. The number of halogens is 1. The summed E-state index contributed by atoms with van der Waals surface area (Å²) in [7, 11) is 1.42. The van der Waals surface area contributed by atoms with Gasteiger partial charge in [0.15, 0.2) is 16.7 Å². The van der Waals surface area contributed by atoms with Gasteiger partial charge in [-0.25, -0.2) is 9.37 Å². The smallest absolute Gasteiger partial charge is 0.257 e. The molecule has 1 N–H and O–H groups in total. The maximum Gasteiger partial charge on any atom is 0.257 e. The molecule has 1 aromatic heterocycles. The van der Waals surface area contributed by atoms with Crippen molar-refractivity contribution in [2.24, 2.45) is 5.10 Å². The third kappa shape index (κ3) is 4.12. The summed E-state index contributed by atoms with van der Waals surface area (Å²) in [6.07, 6.45) is 0.951. The van der Waals surface area contributed by atoms with Crippen molar-refractivity contribution in [3.63, 3.8) is 0 Å². The molecule has 0 aliphatic carbocycles. The molecule has 0 bridgehead atoms. The SMILES string of the molecule is COc1ccc(-c2csc(NC(=O)c3ccc(N4CCC(C)=N4)cc3)n2)cc1F. The van der Waals surface area contributed by atoms with Crippen LogP contribution in [0.4, 0.5) is 15.2 Å². The first-order chi connectivity index (χ1) is 14.0. The number of hydrogen-bond donors (Lipinski definition) is 1. The second kappa shape index (κ2) is 8.00. The van der Waals surface area contributed by atoms with Crippen molar-refractivity contribution < 1.29 is 13.9 Å². The molecule has 0 radical (unpaired) electrons. The fourth-order valence-corrected chi connectivity index (χ4v) is 3.72. The van der Waals surface area contributed by atoms with Gasteiger partial charge in [-0.2, -0.15) is 5.10 Å². The van der Waals surface area contributed by atoms with Crippen LogP contribution in [0, 0.1) is 5.82 Å². The van der Waals surface area contributed by atoms with Crippen LogP contribution in [0.2, 0.25) is 0 Å². The molecule has 1 aliphatic rings. The van der Waals surface area contributed by atoms with Crippen LogP contribution >= 0.6 is 11.3 Å². The third-order valence-corrected chi connectivity index (χ3v) is 5.33. The second-order valence-electron chi connectivity index (χ2n) is 6.60. The van der Waals surface area contributed by atoms with E-state index in [0.29, 0.717) is 22.0 Å². The van der Waals surface area contributed by atoms with Crippen LogP contribution in [0.3, 0.4) is 0 Å². The quantitative estimate of drug-likeness (QED) is 0.656. The predicted octanol–water partition coefficient (Wildman–Crippen LogP) is 4.80. The summed E-state index contributed by atoms with van der Waals surface area (Å²) in [4.78, 5) is 16.9. The van der Waals surface area contributed by atoms with E-state index in [1.807, 2.05) is 24.1 Å². The summed E-state index contributed by atoms with van der Waals surface area (Å²) >= 11 is 1.28. The average molecular weight is 410 g/mol. The Balaban J connectivity index is 1.44. The van der Waals surface area contributed by atoms with Crippen LogP contribution in [0.25, 0.3) is 11.3 Å². The number of hydrazone groups is 1. The molecule has 0 atom stereocenters. The molecule has 0 saturated heterocycles. The third-order valence-electron chi connectivity index (χ3n) is 4.58. The van der Waals surface area contributed by atoms with Crippen molar-refractivity contribution >= 4 is 33.8 Å². The highest BCUT2D eigenvalue weighted by molar-refractivity contribution is 7.14. The Morgan fingerprint density at radius 2 is 2.03 bits per heavy atom. The highest BCUT2D eigenvalue weighted by Gasteiger charge is 2.15. The van der Waals surface area contributed by atoms with Gasteiger partial charge in [-0.1, -0.05) is 0 Å². The molecule has 2 aromatic carbocycles. The molecule has 0 spiro atoms. The minimum absolute atomic E-state index is 0.177. The minimum Gasteiger partial charge on any atom is -0.494 e. The van der Waals surface area contributed by atoms with Crippen LogP contribution in [0.5, 0.6) is 5.75 Å². The lowest BCUT2D eigenvalue weighted by molar-refractivity contribution is 0.102. The normalized spacial score (nSPS) is 13.3. The van der Waals surface area contributed by atoms with Gasteiger partial charge in [0.1, 0.15) is 0 Å². The zero-order valence-corrected chi connectivity index (χ0v) is 16.8. The van der Waals surface area contributed by atoms with E-state index in [-0.39, 0.29) is 11.7 Å². The van der Waals surface area contributed by atoms with E-state index in [1.165, 1.54) is 24.5 Å². The largest absolute Gasteiger partial charge is 0.494 e. The number of ether oxygens (including phenoxy) is 1. The Bertz CT molecular complexity index is 1080. The first-order valence-corrected chi connectivity index (χ1v) is 9.94. The Hall–Kier alpha value is -3.26. The van der Waals surface area contributed by atoms with E-state index in [0.717, 1.165) is 24.4 Å². The first kappa shape index (κ1) is 19.1. The molecule has 1 amide bonds. The molecule has 8 heteroatoms. The van der Waals surface area contributed by atoms with Gasteiger partial charge in [0, 0.05) is 35.2 Å². The number of nitrogens with zero attached hydrogens (tertiary/aromatic N) is 3. The van der Waals surface area contributed by atoms with Crippen LogP contribution in [0.15, 0.2) is 52.9 Å². The molecule has 1 aliphatic heterocycles. The average Bonchev–Trinajstić information content (AvgIpc) is 3.37. The van der Waals surface area contributed by atoms with Crippen molar-refractivity contribution in [3.05, 3.63) is 59.2 Å². The van der Waals surface area contributed by atoms with Gasteiger partial charge in [-0.15, -0.1) is 11.3 Å². The zero-order valence-electron chi connectivity index (χ0n) is 16.0. The number of aromatic nitrogens is 1. The lowest BCUT2D eigenvalue weighted by Gasteiger charge is -2.13. The Labute approximate surface area is 171 Å². The Morgan fingerprint density at radius 1 is 1.24 bits per heavy atom. The van der Waals surface area contributed by atoms with Crippen molar-refractivity contribution in [1.82, 2.24) is 4.98 Å². The molecule has 4 rings (SSSR count). The number of carbonyl (C=O) groups excluding carboxylic acids is 1. The number of nitrogens with one attached hydrogen (secondary N) is 1. The summed E-state index contributed by atoms with van der Waals surface area (Å²) in [5.41, 5.74) is 3.79. The second-order valence-corrected chi connectivity index (χ2v) is 7.45. The summed E-state index contributed by atoms with van der Waals surface area (Å²) in [6.45, 7) is 2.86. The molecule has 2 heterocycles. The standard InChI is InChI=1S/C21H19FN4O2S/c1-13-9-10-26(25-13)16-6-3-14(4-7-16)20(27)24-21-23-18(12-29-21)15-5-8-19(28-2)17(22)11-15/h3-8,11-12H,9-10H2,1-2H3,(H,23,24,27). The fourth-order valence-electron chi connectivity index (χ4n) is 3.00.